The summed E-state index contributed by atoms with van der Waals surface area (Å²) in [7, 11) is 2.88. The van der Waals surface area contributed by atoms with Gasteiger partial charge in [-0.15, -0.1) is 0 Å². The molecule has 0 aromatic rings. The predicted molar refractivity (Wildman–Crippen MR) is 67.1 cm³/mol. The van der Waals surface area contributed by atoms with Crippen LogP contribution in [-0.4, -0.2) is 52.0 Å². The van der Waals surface area contributed by atoms with Gasteiger partial charge in [0.05, 0.1) is 19.8 Å². The summed E-state index contributed by atoms with van der Waals surface area (Å²) in [5.74, 6) is -0.173. The minimum atomic E-state index is -0.514. The third-order valence-corrected chi connectivity index (χ3v) is 2.34. The Morgan fingerprint density at radius 1 is 1.17 bits per heavy atom. The van der Waals surface area contributed by atoms with Crippen LogP contribution in [0.15, 0.2) is 0 Å². The topological polar surface area (TPSA) is 103 Å². The molecule has 106 valence electrons. The molecule has 0 saturated heterocycles. The number of nitrogens with one attached hydrogen (secondary N) is 2. The molecule has 0 saturated carbocycles. The molecule has 0 radical (unpaired) electrons. The van der Waals surface area contributed by atoms with Crippen LogP contribution < -0.4 is 16.4 Å². The Hall–Kier alpha value is -1.34. The highest BCUT2D eigenvalue weighted by Gasteiger charge is 2.11. The van der Waals surface area contributed by atoms with Crippen molar-refractivity contribution < 1.29 is 19.1 Å². The zero-order valence-corrected chi connectivity index (χ0v) is 11.0. The maximum absolute atomic E-state index is 11.5. The zero-order valence-electron chi connectivity index (χ0n) is 11.0. The Bertz CT molecular complexity index is 248. The zero-order chi connectivity index (χ0) is 13.8. The number of hydrogen-bond donors (Lipinski definition) is 3. The minimum absolute atomic E-state index is 0.173. The van der Waals surface area contributed by atoms with Gasteiger partial charge in [0.25, 0.3) is 0 Å². The van der Waals surface area contributed by atoms with Gasteiger partial charge in [0.2, 0.25) is 5.91 Å². The average Bonchev–Trinajstić information content (AvgIpc) is 2.37. The lowest BCUT2D eigenvalue weighted by Gasteiger charge is -2.11. The summed E-state index contributed by atoms with van der Waals surface area (Å²) < 4.78 is 9.23. The third kappa shape index (κ3) is 8.77. The first-order valence-electron chi connectivity index (χ1n) is 5.95. The Labute approximate surface area is 107 Å². The van der Waals surface area contributed by atoms with Crippen molar-refractivity contribution in [3.63, 3.8) is 0 Å². The van der Waals surface area contributed by atoms with E-state index in [-0.39, 0.29) is 5.91 Å². The maximum atomic E-state index is 11.5. The second kappa shape index (κ2) is 10.8. The number of amides is 2. The van der Waals surface area contributed by atoms with E-state index in [4.69, 9.17) is 10.5 Å². The summed E-state index contributed by atoms with van der Waals surface area (Å²) >= 11 is 0. The number of nitrogens with two attached hydrogens (primary N) is 1. The van der Waals surface area contributed by atoms with Crippen molar-refractivity contribution >= 4 is 12.0 Å². The second-order valence-electron chi connectivity index (χ2n) is 3.80. The Morgan fingerprint density at radius 2 is 1.89 bits per heavy atom. The molecule has 0 aliphatic heterocycles. The van der Waals surface area contributed by atoms with Crippen LogP contribution in [0.3, 0.4) is 0 Å². The molecule has 0 spiro atoms. The monoisotopic (exact) mass is 261 g/mol. The van der Waals surface area contributed by atoms with Gasteiger partial charge in [-0.2, -0.15) is 0 Å². The van der Waals surface area contributed by atoms with Crippen molar-refractivity contribution in [1.29, 1.82) is 0 Å². The molecule has 0 aliphatic carbocycles. The highest BCUT2D eigenvalue weighted by atomic mass is 16.5. The summed E-state index contributed by atoms with van der Waals surface area (Å²) in [6.45, 7) is 1.46. The van der Waals surface area contributed by atoms with Crippen molar-refractivity contribution in [1.82, 2.24) is 10.6 Å². The van der Waals surface area contributed by atoms with Crippen LogP contribution in [0.1, 0.15) is 19.3 Å². The minimum Gasteiger partial charge on any atom is -0.453 e. The van der Waals surface area contributed by atoms with Crippen molar-refractivity contribution in [2.24, 2.45) is 5.73 Å². The number of alkyl carbamates (subject to hydrolysis) is 1. The van der Waals surface area contributed by atoms with Gasteiger partial charge in [-0.05, 0) is 19.3 Å². The molecule has 7 nitrogen and oxygen atoms in total. The van der Waals surface area contributed by atoms with E-state index >= 15 is 0 Å². The average molecular weight is 261 g/mol. The standard InChI is InChI=1S/C11H23N3O4/c1-17-8-7-13-10(15)9(12)5-3-4-6-14-11(16)18-2/h9H,3-8,12H2,1-2H3,(H,13,15)(H,14,16). The first-order valence-corrected chi connectivity index (χ1v) is 5.95. The van der Waals surface area contributed by atoms with Crippen molar-refractivity contribution in [2.45, 2.75) is 25.3 Å². The van der Waals surface area contributed by atoms with Crippen molar-refractivity contribution in [3.8, 4) is 0 Å². The number of carbonyl (C=O) groups excluding carboxylic acids is 2. The largest absolute Gasteiger partial charge is 0.453 e. The summed E-state index contributed by atoms with van der Waals surface area (Å²) in [5, 5.41) is 5.23. The van der Waals surface area contributed by atoms with E-state index in [2.05, 4.69) is 15.4 Å². The van der Waals surface area contributed by atoms with E-state index in [1.54, 1.807) is 7.11 Å². The van der Waals surface area contributed by atoms with Crippen LogP contribution in [0.5, 0.6) is 0 Å². The molecule has 0 fully saturated rings. The normalized spacial score (nSPS) is 11.7. The Kier molecular flexibility index (Phi) is 9.99. The number of unbranched alkanes of at least 4 members (excludes halogenated alkanes) is 1. The van der Waals surface area contributed by atoms with E-state index < -0.39 is 12.1 Å². The van der Waals surface area contributed by atoms with Gasteiger partial charge in [-0.25, -0.2) is 4.79 Å². The third-order valence-electron chi connectivity index (χ3n) is 2.34. The number of carbonyl (C=O) groups is 2. The van der Waals surface area contributed by atoms with Gasteiger partial charge < -0.3 is 25.8 Å². The number of ether oxygens (including phenoxy) is 2. The van der Waals surface area contributed by atoms with Gasteiger partial charge in [0.15, 0.2) is 0 Å². The number of rotatable bonds is 9. The first kappa shape index (κ1) is 16.7. The number of hydrogen-bond acceptors (Lipinski definition) is 5. The summed E-state index contributed by atoms with van der Waals surface area (Å²) in [4.78, 5) is 22.2. The lowest BCUT2D eigenvalue weighted by molar-refractivity contribution is -0.122. The van der Waals surface area contributed by atoms with Crippen LogP contribution in [-0.2, 0) is 14.3 Å². The van der Waals surface area contributed by atoms with E-state index in [9.17, 15) is 9.59 Å². The molecule has 0 aromatic heterocycles. The van der Waals surface area contributed by atoms with Crippen LogP contribution in [0.25, 0.3) is 0 Å². The van der Waals surface area contributed by atoms with Gasteiger partial charge in [-0.1, -0.05) is 0 Å². The molecule has 0 rings (SSSR count). The van der Waals surface area contributed by atoms with Crippen molar-refractivity contribution in [3.05, 3.63) is 0 Å². The highest BCUT2D eigenvalue weighted by molar-refractivity contribution is 5.81. The smallest absolute Gasteiger partial charge is 0.406 e. The molecule has 4 N–H and O–H groups in total. The lowest BCUT2D eigenvalue weighted by atomic mass is 10.1. The maximum Gasteiger partial charge on any atom is 0.406 e. The van der Waals surface area contributed by atoms with Gasteiger partial charge >= 0.3 is 6.09 Å². The molecular formula is C11H23N3O4. The fourth-order valence-corrected chi connectivity index (χ4v) is 1.29. The quantitative estimate of drug-likeness (QED) is 0.490. The second-order valence-corrected chi connectivity index (χ2v) is 3.80. The van der Waals surface area contributed by atoms with Crippen LogP contribution >= 0.6 is 0 Å². The molecule has 7 heteroatoms. The van der Waals surface area contributed by atoms with Crippen LogP contribution in [0.2, 0.25) is 0 Å². The van der Waals surface area contributed by atoms with E-state index in [1.165, 1.54) is 7.11 Å². The summed E-state index contributed by atoms with van der Waals surface area (Å²) in [6.07, 6.45) is 1.66. The lowest BCUT2D eigenvalue weighted by Crippen LogP contribution is -2.41. The molecule has 1 unspecified atom stereocenters. The summed E-state index contributed by atoms with van der Waals surface area (Å²) in [6, 6.07) is -0.514. The van der Waals surface area contributed by atoms with E-state index in [0.717, 1.165) is 12.8 Å². The van der Waals surface area contributed by atoms with Crippen LogP contribution in [0, 0.1) is 0 Å². The van der Waals surface area contributed by atoms with Crippen LogP contribution in [0.4, 0.5) is 4.79 Å². The fraction of sp³-hybridized carbons (Fsp3) is 0.818. The Balaban J connectivity index is 3.48. The molecule has 0 aliphatic rings. The molecule has 0 heterocycles. The van der Waals surface area contributed by atoms with Gasteiger partial charge in [-0.3, -0.25) is 4.79 Å². The van der Waals surface area contributed by atoms with Gasteiger partial charge in [0, 0.05) is 20.2 Å². The summed E-state index contributed by atoms with van der Waals surface area (Å²) in [5.41, 5.74) is 5.70. The number of methoxy groups -OCH3 is 2. The van der Waals surface area contributed by atoms with E-state index in [1.807, 2.05) is 0 Å². The highest BCUT2D eigenvalue weighted by Crippen LogP contribution is 1.98. The molecule has 0 bridgehead atoms. The molecule has 18 heavy (non-hydrogen) atoms. The molecule has 0 aromatic carbocycles. The molecular weight excluding hydrogens is 238 g/mol. The van der Waals surface area contributed by atoms with Crippen molar-refractivity contribution in [2.75, 3.05) is 33.9 Å². The molecule has 1 atom stereocenters. The van der Waals surface area contributed by atoms with Gasteiger partial charge in [0.1, 0.15) is 0 Å². The molecule has 2 amide bonds. The predicted octanol–water partition coefficient (Wildman–Crippen LogP) is -0.397. The SMILES string of the molecule is COCCNC(=O)C(N)CCCCNC(=O)OC. The van der Waals surface area contributed by atoms with E-state index in [0.29, 0.717) is 26.1 Å². The first-order chi connectivity index (χ1) is 8.61. The fourth-order valence-electron chi connectivity index (χ4n) is 1.29. The Morgan fingerprint density at radius 3 is 2.50 bits per heavy atom.